The Morgan fingerprint density at radius 1 is 1.64 bits per heavy atom. The smallest absolute Gasteiger partial charge is 0.260 e. The Hall–Kier alpha value is -2.25. The lowest BCUT2D eigenvalue weighted by Gasteiger charge is -1.91. The standard InChI is InChI=1S/C6H6N6O2/c1-11-6(14)12-2-7-4(8-3-13)5(12)9-10-11/h2-3H,1H3,(H,8,13)/p+1. The second-order valence-electron chi connectivity index (χ2n) is 2.60. The molecule has 72 valence electrons. The summed E-state index contributed by atoms with van der Waals surface area (Å²) < 4.78 is 2.34. The number of anilines is 1. The van der Waals surface area contributed by atoms with Gasteiger partial charge in [-0.15, -0.1) is 0 Å². The van der Waals surface area contributed by atoms with Crippen molar-refractivity contribution in [1.82, 2.24) is 19.4 Å². The molecule has 2 aromatic rings. The van der Waals surface area contributed by atoms with Gasteiger partial charge in [0.2, 0.25) is 0 Å². The van der Waals surface area contributed by atoms with Gasteiger partial charge in [0.25, 0.3) is 17.9 Å². The minimum Gasteiger partial charge on any atom is -0.260 e. The molecule has 8 nitrogen and oxygen atoms in total. The second kappa shape index (κ2) is 2.91. The summed E-state index contributed by atoms with van der Waals surface area (Å²) in [5.74, 6) is 0.338. The lowest BCUT2D eigenvalue weighted by atomic mass is 10.7. The molecule has 2 heterocycles. The third-order valence-corrected chi connectivity index (χ3v) is 1.75. The summed E-state index contributed by atoms with van der Waals surface area (Å²) in [6.45, 7) is 0. The molecule has 1 amide bonds. The van der Waals surface area contributed by atoms with Crippen LogP contribution in [0.15, 0.2) is 11.1 Å². The van der Waals surface area contributed by atoms with Gasteiger partial charge in [-0.05, 0) is 0 Å². The van der Waals surface area contributed by atoms with Crippen molar-refractivity contribution in [1.29, 1.82) is 0 Å². The van der Waals surface area contributed by atoms with E-state index >= 15 is 0 Å². The molecular formula is C6H7N6O2+. The Balaban J connectivity index is 2.77. The third kappa shape index (κ3) is 1.04. The van der Waals surface area contributed by atoms with Crippen LogP contribution in [0.4, 0.5) is 5.82 Å². The van der Waals surface area contributed by atoms with E-state index in [1.807, 2.05) is 0 Å². The number of imidazole rings is 1. The number of nitrogens with zero attached hydrogens (tertiary/aromatic N) is 4. The average Bonchev–Trinajstić information content (AvgIpc) is 2.57. The summed E-state index contributed by atoms with van der Waals surface area (Å²) >= 11 is 0. The second-order valence-corrected chi connectivity index (χ2v) is 2.60. The lowest BCUT2D eigenvalue weighted by Crippen LogP contribution is -2.27. The number of carbonyl (C=O) groups excluding carboxylic acids is 1. The average molecular weight is 195 g/mol. The van der Waals surface area contributed by atoms with Crippen LogP contribution >= 0.6 is 0 Å². The molecule has 0 aliphatic rings. The molecule has 0 saturated carbocycles. The fourth-order valence-electron chi connectivity index (χ4n) is 1.09. The van der Waals surface area contributed by atoms with Gasteiger partial charge in [0.05, 0.1) is 0 Å². The quantitative estimate of drug-likeness (QED) is 0.550. The summed E-state index contributed by atoms with van der Waals surface area (Å²) in [4.78, 5) is 24.3. The maximum Gasteiger partial charge on any atom is 0.409 e. The van der Waals surface area contributed by atoms with E-state index in [2.05, 4.69) is 20.6 Å². The molecule has 2 aromatic heterocycles. The van der Waals surface area contributed by atoms with Crippen molar-refractivity contribution < 1.29 is 9.78 Å². The first-order valence-electron chi connectivity index (χ1n) is 3.77. The van der Waals surface area contributed by atoms with E-state index < -0.39 is 0 Å². The van der Waals surface area contributed by atoms with Gasteiger partial charge in [-0.3, -0.25) is 4.79 Å². The SMILES string of the molecule is Cn1nnc2c(NC=O)[nH+]cn2c1=O. The van der Waals surface area contributed by atoms with Crippen LogP contribution in [-0.4, -0.2) is 25.8 Å². The van der Waals surface area contributed by atoms with Crippen molar-refractivity contribution in [3.05, 3.63) is 16.8 Å². The number of H-pyrrole nitrogens is 1. The zero-order valence-corrected chi connectivity index (χ0v) is 7.26. The van der Waals surface area contributed by atoms with E-state index in [1.54, 1.807) is 0 Å². The molecule has 0 aliphatic carbocycles. The molecule has 0 bridgehead atoms. The first kappa shape index (κ1) is 8.35. The predicted molar refractivity (Wildman–Crippen MR) is 44.5 cm³/mol. The molecule has 2 rings (SSSR count). The van der Waals surface area contributed by atoms with Gasteiger partial charge >= 0.3 is 5.69 Å². The van der Waals surface area contributed by atoms with Crippen LogP contribution < -0.4 is 16.0 Å². The normalized spacial score (nSPS) is 10.4. The first-order valence-corrected chi connectivity index (χ1v) is 3.77. The number of amides is 1. The minimum atomic E-state index is -0.342. The molecule has 0 fully saturated rings. The fraction of sp³-hybridized carbons (Fsp3) is 0.167. The number of aryl methyl sites for hydroxylation is 1. The molecule has 8 heteroatoms. The van der Waals surface area contributed by atoms with E-state index in [-0.39, 0.29) is 11.3 Å². The van der Waals surface area contributed by atoms with E-state index in [0.717, 1.165) is 4.68 Å². The van der Waals surface area contributed by atoms with Crippen LogP contribution in [0.25, 0.3) is 5.65 Å². The molecule has 0 atom stereocenters. The van der Waals surface area contributed by atoms with Crippen molar-refractivity contribution in [2.75, 3.05) is 5.32 Å². The Morgan fingerprint density at radius 3 is 3.14 bits per heavy atom. The van der Waals surface area contributed by atoms with Crippen LogP contribution in [0.3, 0.4) is 0 Å². The fourth-order valence-corrected chi connectivity index (χ4v) is 1.09. The Labute approximate surface area is 77.2 Å². The molecule has 0 radical (unpaired) electrons. The topological polar surface area (TPSA) is 95.4 Å². The number of aromatic nitrogens is 5. The molecule has 0 aliphatic heterocycles. The lowest BCUT2D eigenvalue weighted by molar-refractivity contribution is -0.359. The summed E-state index contributed by atoms with van der Waals surface area (Å²) in [5.41, 5.74) is -0.0644. The van der Waals surface area contributed by atoms with E-state index in [4.69, 9.17) is 0 Å². The number of rotatable bonds is 2. The third-order valence-electron chi connectivity index (χ3n) is 1.75. The minimum absolute atomic E-state index is 0.278. The highest BCUT2D eigenvalue weighted by Crippen LogP contribution is 2.01. The van der Waals surface area contributed by atoms with Gasteiger partial charge in [0, 0.05) is 7.05 Å². The van der Waals surface area contributed by atoms with Crippen LogP contribution in [0.5, 0.6) is 0 Å². The van der Waals surface area contributed by atoms with Crippen molar-refractivity contribution in [2.24, 2.45) is 7.05 Å². The summed E-state index contributed by atoms with van der Waals surface area (Å²) in [5, 5.41) is 9.69. The predicted octanol–water partition coefficient (Wildman–Crippen LogP) is -2.19. The Morgan fingerprint density at radius 2 is 2.43 bits per heavy atom. The van der Waals surface area contributed by atoms with E-state index in [1.165, 1.54) is 17.8 Å². The largest absolute Gasteiger partial charge is 0.409 e. The van der Waals surface area contributed by atoms with Crippen LogP contribution in [-0.2, 0) is 11.8 Å². The van der Waals surface area contributed by atoms with Gasteiger partial charge in [0.15, 0.2) is 6.33 Å². The van der Waals surface area contributed by atoms with Gasteiger partial charge in [0.1, 0.15) is 0 Å². The highest BCUT2D eigenvalue weighted by molar-refractivity contribution is 5.74. The maximum absolute atomic E-state index is 11.4. The molecule has 0 saturated heterocycles. The Kier molecular flexibility index (Phi) is 1.73. The first-order chi connectivity index (χ1) is 6.74. The summed E-state index contributed by atoms with van der Waals surface area (Å²) in [6, 6.07) is 0. The number of hydrogen-bond donors (Lipinski definition) is 1. The summed E-state index contributed by atoms with van der Waals surface area (Å²) in [7, 11) is 1.49. The molecule has 0 spiro atoms. The molecule has 14 heavy (non-hydrogen) atoms. The van der Waals surface area contributed by atoms with Crippen molar-refractivity contribution >= 4 is 17.9 Å². The van der Waals surface area contributed by atoms with E-state index in [9.17, 15) is 9.59 Å². The Bertz CT molecular complexity index is 541. The summed E-state index contributed by atoms with van der Waals surface area (Å²) in [6.07, 6.45) is 1.89. The molecular weight excluding hydrogens is 188 g/mol. The number of hydrogen-bond acceptors (Lipinski definition) is 4. The van der Waals surface area contributed by atoms with E-state index in [0.29, 0.717) is 12.2 Å². The number of carbonyl (C=O) groups is 1. The zero-order valence-electron chi connectivity index (χ0n) is 7.26. The van der Waals surface area contributed by atoms with Crippen LogP contribution in [0.1, 0.15) is 0 Å². The zero-order chi connectivity index (χ0) is 10.1. The van der Waals surface area contributed by atoms with Gasteiger partial charge in [-0.1, -0.05) is 10.3 Å². The molecule has 2 N–H and O–H groups in total. The van der Waals surface area contributed by atoms with Crippen LogP contribution in [0.2, 0.25) is 0 Å². The van der Waals surface area contributed by atoms with Crippen molar-refractivity contribution in [3.8, 4) is 0 Å². The van der Waals surface area contributed by atoms with Crippen molar-refractivity contribution in [3.63, 3.8) is 0 Å². The van der Waals surface area contributed by atoms with Gasteiger partial charge in [-0.25, -0.2) is 15.1 Å². The monoisotopic (exact) mass is 195 g/mol. The molecule has 0 unspecified atom stereocenters. The number of nitrogens with one attached hydrogen (secondary N) is 2. The maximum atomic E-state index is 11.4. The highest BCUT2D eigenvalue weighted by atomic mass is 16.2. The number of aromatic amines is 1. The number of fused-ring (bicyclic) bond motifs is 1. The van der Waals surface area contributed by atoms with Crippen LogP contribution in [0, 0.1) is 0 Å². The van der Waals surface area contributed by atoms with Gasteiger partial charge in [-0.2, -0.15) is 9.08 Å². The molecule has 0 aromatic carbocycles. The van der Waals surface area contributed by atoms with Crippen molar-refractivity contribution in [2.45, 2.75) is 0 Å². The van der Waals surface area contributed by atoms with Gasteiger partial charge < -0.3 is 0 Å². The highest BCUT2D eigenvalue weighted by Gasteiger charge is 2.14.